The van der Waals surface area contributed by atoms with Crippen molar-refractivity contribution >= 4 is 11.8 Å². The van der Waals surface area contributed by atoms with Crippen molar-refractivity contribution in [1.82, 2.24) is 0 Å². The molecule has 1 heterocycles. The van der Waals surface area contributed by atoms with Gasteiger partial charge < -0.3 is 16.2 Å². The van der Waals surface area contributed by atoms with Crippen LogP contribution in [0.2, 0.25) is 0 Å². The van der Waals surface area contributed by atoms with Crippen molar-refractivity contribution in [2.45, 2.75) is 63.5 Å². The lowest BCUT2D eigenvalue weighted by Gasteiger charge is -2.12. The van der Waals surface area contributed by atoms with Crippen molar-refractivity contribution in [3.63, 3.8) is 0 Å². The summed E-state index contributed by atoms with van der Waals surface area (Å²) >= 11 is 0. The fraction of sp³-hybridized carbons (Fsp3) is 0.846. The van der Waals surface area contributed by atoms with Gasteiger partial charge in [-0.25, -0.2) is 0 Å². The topological polar surface area (TPSA) is 90.7 Å². The number of nitrogens with two attached hydrogens (primary N) is 2. The normalized spacial score (nSPS) is 21.9. The van der Waals surface area contributed by atoms with E-state index in [0.29, 0.717) is 12.5 Å². The van der Waals surface area contributed by atoms with Crippen molar-refractivity contribution in [1.29, 1.82) is 0 Å². The molecule has 18 heavy (non-hydrogen) atoms. The van der Waals surface area contributed by atoms with Crippen molar-refractivity contribution in [3.05, 3.63) is 0 Å². The molecule has 0 spiro atoms. The molecule has 5 nitrogen and oxygen atoms in total. The Balaban J connectivity index is 2.17. The summed E-state index contributed by atoms with van der Waals surface area (Å²) in [5, 5.41) is 0. The van der Waals surface area contributed by atoms with Gasteiger partial charge in [0.2, 0.25) is 0 Å². The first-order valence-corrected chi connectivity index (χ1v) is 6.79. The van der Waals surface area contributed by atoms with E-state index in [1.54, 1.807) is 0 Å². The van der Waals surface area contributed by atoms with E-state index < -0.39 is 6.04 Å². The third-order valence-electron chi connectivity index (χ3n) is 3.38. The van der Waals surface area contributed by atoms with E-state index in [1.807, 2.05) is 0 Å². The van der Waals surface area contributed by atoms with Crippen molar-refractivity contribution < 1.29 is 9.53 Å². The minimum Gasteiger partial charge on any atom is -0.468 e. The van der Waals surface area contributed by atoms with E-state index in [2.05, 4.69) is 9.73 Å². The Bertz CT molecular complexity index is 292. The Labute approximate surface area is 109 Å². The number of esters is 1. The molecule has 0 fully saturated rings. The number of amidine groups is 1. The summed E-state index contributed by atoms with van der Waals surface area (Å²) < 4.78 is 4.59. The first-order valence-electron chi connectivity index (χ1n) is 6.79. The van der Waals surface area contributed by atoms with Crippen LogP contribution in [0.25, 0.3) is 0 Å². The van der Waals surface area contributed by atoms with E-state index in [-0.39, 0.29) is 5.97 Å². The molecule has 104 valence electrons. The predicted octanol–water partition coefficient (Wildman–Crippen LogP) is 1.35. The van der Waals surface area contributed by atoms with Gasteiger partial charge in [-0.1, -0.05) is 19.3 Å². The van der Waals surface area contributed by atoms with Gasteiger partial charge in [-0.3, -0.25) is 9.79 Å². The number of hydrogen-bond acceptors (Lipinski definition) is 5. The average molecular weight is 255 g/mol. The van der Waals surface area contributed by atoms with E-state index >= 15 is 0 Å². The van der Waals surface area contributed by atoms with E-state index in [4.69, 9.17) is 11.5 Å². The third kappa shape index (κ3) is 5.49. The molecule has 1 aliphatic heterocycles. The highest BCUT2D eigenvalue weighted by Crippen LogP contribution is 2.17. The maximum Gasteiger partial charge on any atom is 0.322 e. The second-order valence-corrected chi connectivity index (χ2v) is 4.93. The molecule has 0 aliphatic carbocycles. The highest BCUT2D eigenvalue weighted by molar-refractivity contribution is 5.80. The molecule has 1 aliphatic rings. The molecule has 2 unspecified atom stereocenters. The SMILES string of the molecule is COC(=O)C(N)CCCCC1CCCCC(N)=N1. The first-order chi connectivity index (χ1) is 8.63. The largest absolute Gasteiger partial charge is 0.468 e. The number of rotatable bonds is 6. The second kappa shape index (κ2) is 8.08. The molecule has 0 aromatic heterocycles. The smallest absolute Gasteiger partial charge is 0.322 e. The molecule has 2 atom stereocenters. The minimum absolute atomic E-state index is 0.327. The summed E-state index contributed by atoms with van der Waals surface area (Å²) in [6.07, 6.45) is 8.10. The summed E-state index contributed by atoms with van der Waals surface area (Å²) in [7, 11) is 1.37. The number of methoxy groups -OCH3 is 1. The lowest BCUT2D eigenvalue weighted by Crippen LogP contribution is -2.31. The molecule has 5 heteroatoms. The van der Waals surface area contributed by atoms with Crippen LogP contribution in [-0.2, 0) is 9.53 Å². The van der Waals surface area contributed by atoms with Crippen LogP contribution < -0.4 is 11.5 Å². The van der Waals surface area contributed by atoms with E-state index in [0.717, 1.165) is 44.4 Å². The van der Waals surface area contributed by atoms with Crippen LogP contribution in [0.5, 0.6) is 0 Å². The van der Waals surface area contributed by atoms with Crippen molar-refractivity contribution in [3.8, 4) is 0 Å². The summed E-state index contributed by atoms with van der Waals surface area (Å²) in [5.74, 6) is 0.468. The van der Waals surface area contributed by atoms with Gasteiger partial charge in [-0.2, -0.15) is 0 Å². The Kier molecular flexibility index (Phi) is 6.72. The monoisotopic (exact) mass is 255 g/mol. The number of aliphatic imine (C=N–C) groups is 1. The van der Waals surface area contributed by atoms with E-state index in [9.17, 15) is 4.79 Å². The summed E-state index contributed by atoms with van der Waals surface area (Å²) in [4.78, 5) is 15.6. The van der Waals surface area contributed by atoms with Gasteiger partial charge in [-0.05, 0) is 25.7 Å². The lowest BCUT2D eigenvalue weighted by atomic mass is 10.0. The second-order valence-electron chi connectivity index (χ2n) is 4.93. The molecule has 4 N–H and O–H groups in total. The number of unbranched alkanes of at least 4 members (excludes halogenated alkanes) is 1. The van der Waals surface area contributed by atoms with Crippen molar-refractivity contribution in [2.75, 3.05) is 7.11 Å². The maximum atomic E-state index is 11.1. The van der Waals surface area contributed by atoms with Gasteiger partial charge in [0.25, 0.3) is 0 Å². The molecule has 0 aromatic carbocycles. The van der Waals surface area contributed by atoms with Gasteiger partial charge in [0, 0.05) is 6.42 Å². The Morgan fingerprint density at radius 1 is 1.50 bits per heavy atom. The van der Waals surface area contributed by atoms with Crippen LogP contribution in [0.15, 0.2) is 4.99 Å². The molecule has 0 saturated carbocycles. The van der Waals surface area contributed by atoms with Crippen LogP contribution >= 0.6 is 0 Å². The fourth-order valence-corrected chi connectivity index (χ4v) is 2.27. The zero-order chi connectivity index (χ0) is 13.4. The molecule has 0 aromatic rings. The summed E-state index contributed by atoms with van der Waals surface area (Å²) in [6.45, 7) is 0. The first kappa shape index (κ1) is 15.0. The number of ether oxygens (including phenoxy) is 1. The quantitative estimate of drug-likeness (QED) is 0.553. The Morgan fingerprint density at radius 2 is 2.28 bits per heavy atom. The highest BCUT2D eigenvalue weighted by Gasteiger charge is 2.14. The Hall–Kier alpha value is -1.10. The van der Waals surface area contributed by atoms with Crippen LogP contribution in [0.3, 0.4) is 0 Å². The minimum atomic E-state index is -0.488. The average Bonchev–Trinajstić information content (AvgIpc) is 2.57. The molecule has 0 bridgehead atoms. The van der Waals surface area contributed by atoms with Gasteiger partial charge in [0.15, 0.2) is 0 Å². The Morgan fingerprint density at radius 3 is 3.00 bits per heavy atom. The van der Waals surface area contributed by atoms with Gasteiger partial charge >= 0.3 is 5.97 Å². The van der Waals surface area contributed by atoms with E-state index in [1.165, 1.54) is 13.5 Å². The van der Waals surface area contributed by atoms with Gasteiger partial charge in [0.05, 0.1) is 19.0 Å². The molecular formula is C13H25N3O2. The highest BCUT2D eigenvalue weighted by atomic mass is 16.5. The van der Waals surface area contributed by atoms with Crippen LogP contribution in [0, 0.1) is 0 Å². The van der Waals surface area contributed by atoms with Gasteiger partial charge in [-0.15, -0.1) is 0 Å². The van der Waals surface area contributed by atoms with Gasteiger partial charge in [0.1, 0.15) is 6.04 Å². The molecule has 0 radical (unpaired) electrons. The standard InChI is InChI=1S/C13H25N3O2/c1-18-13(17)11(14)8-4-2-6-10-7-3-5-9-12(15)16-10/h10-11H,2-9,14H2,1H3,(H2,15,16). The number of nitrogens with zero attached hydrogens (tertiary/aromatic N) is 1. The fourth-order valence-electron chi connectivity index (χ4n) is 2.27. The molecular weight excluding hydrogens is 230 g/mol. The van der Waals surface area contributed by atoms with Crippen LogP contribution in [0.4, 0.5) is 0 Å². The third-order valence-corrected chi connectivity index (χ3v) is 3.38. The predicted molar refractivity (Wildman–Crippen MR) is 72.3 cm³/mol. The zero-order valence-electron chi connectivity index (χ0n) is 11.2. The maximum absolute atomic E-state index is 11.1. The molecule has 0 amide bonds. The van der Waals surface area contributed by atoms with Crippen LogP contribution in [0.1, 0.15) is 51.4 Å². The zero-order valence-corrected chi connectivity index (χ0v) is 11.2. The van der Waals surface area contributed by atoms with Crippen molar-refractivity contribution in [2.24, 2.45) is 16.5 Å². The summed E-state index contributed by atoms with van der Waals surface area (Å²) in [5.41, 5.74) is 11.5. The van der Waals surface area contributed by atoms with Crippen LogP contribution in [-0.4, -0.2) is 31.0 Å². The number of carbonyl (C=O) groups excluding carboxylic acids is 1. The molecule has 0 saturated heterocycles. The number of carbonyl (C=O) groups is 1. The summed E-state index contributed by atoms with van der Waals surface area (Å²) in [6, 6.07) is -0.125. The molecule has 1 rings (SSSR count). The lowest BCUT2D eigenvalue weighted by molar-refractivity contribution is -0.142. The number of hydrogen-bond donors (Lipinski definition) is 2.